The van der Waals surface area contributed by atoms with E-state index in [1.165, 1.54) is 29.2 Å². The van der Waals surface area contributed by atoms with Gasteiger partial charge in [0.15, 0.2) is 0 Å². The van der Waals surface area contributed by atoms with Crippen molar-refractivity contribution in [3.63, 3.8) is 0 Å². The maximum atomic E-state index is 14.0. The van der Waals surface area contributed by atoms with Crippen molar-refractivity contribution >= 4 is 33.6 Å². The molecular formula is C21H22BrF2N3O2. The Bertz CT molecular complexity index is 907. The van der Waals surface area contributed by atoms with E-state index in [4.69, 9.17) is 0 Å². The molecule has 0 aromatic heterocycles. The quantitative estimate of drug-likeness (QED) is 0.688. The number of benzene rings is 2. The number of amides is 3. The van der Waals surface area contributed by atoms with Crippen LogP contribution in [0.4, 0.5) is 19.3 Å². The summed E-state index contributed by atoms with van der Waals surface area (Å²) in [6, 6.07) is 9.88. The van der Waals surface area contributed by atoms with Crippen molar-refractivity contribution in [3.8, 4) is 0 Å². The van der Waals surface area contributed by atoms with E-state index >= 15 is 0 Å². The van der Waals surface area contributed by atoms with Gasteiger partial charge in [-0.05, 0) is 55.7 Å². The molecule has 1 heterocycles. The van der Waals surface area contributed by atoms with Crippen LogP contribution < -0.4 is 10.6 Å². The first-order chi connectivity index (χ1) is 13.8. The predicted octanol–water partition coefficient (Wildman–Crippen LogP) is 4.68. The van der Waals surface area contributed by atoms with Crippen LogP contribution in [0, 0.1) is 17.0 Å². The van der Waals surface area contributed by atoms with Gasteiger partial charge in [0.1, 0.15) is 11.6 Å². The molecule has 2 N–H and O–H groups in total. The lowest BCUT2D eigenvalue weighted by Crippen LogP contribution is -2.52. The van der Waals surface area contributed by atoms with Crippen LogP contribution in [0.1, 0.15) is 25.3 Å². The van der Waals surface area contributed by atoms with Gasteiger partial charge in [0, 0.05) is 24.1 Å². The summed E-state index contributed by atoms with van der Waals surface area (Å²) in [5, 5.41) is 5.44. The Morgan fingerprint density at radius 2 is 1.90 bits per heavy atom. The van der Waals surface area contributed by atoms with E-state index in [1.807, 2.05) is 6.92 Å². The van der Waals surface area contributed by atoms with Crippen LogP contribution in [0.5, 0.6) is 0 Å². The Labute approximate surface area is 176 Å². The van der Waals surface area contributed by atoms with E-state index in [-0.39, 0.29) is 30.5 Å². The molecule has 2 aromatic rings. The monoisotopic (exact) mass is 465 g/mol. The molecule has 29 heavy (non-hydrogen) atoms. The van der Waals surface area contributed by atoms with Gasteiger partial charge in [-0.2, -0.15) is 0 Å². The molecule has 154 valence electrons. The number of hydrogen-bond acceptors (Lipinski definition) is 2. The summed E-state index contributed by atoms with van der Waals surface area (Å²) in [7, 11) is 0. The van der Waals surface area contributed by atoms with Crippen LogP contribution >= 0.6 is 15.9 Å². The molecule has 2 aromatic carbocycles. The molecule has 1 atom stereocenters. The lowest BCUT2D eigenvalue weighted by Gasteiger charge is -2.39. The van der Waals surface area contributed by atoms with Crippen molar-refractivity contribution in [3.05, 3.63) is 64.1 Å². The zero-order chi connectivity index (χ0) is 21.0. The number of likely N-dealkylation sites (tertiary alicyclic amines) is 1. The molecule has 0 spiro atoms. The Balaban J connectivity index is 1.60. The van der Waals surface area contributed by atoms with Gasteiger partial charge in [-0.1, -0.05) is 28.1 Å². The zero-order valence-corrected chi connectivity index (χ0v) is 17.6. The molecule has 3 amide bonds. The normalized spacial score (nSPS) is 19.0. The number of carbonyl (C=O) groups is 2. The average molecular weight is 466 g/mol. The Kier molecular flexibility index (Phi) is 6.52. The van der Waals surface area contributed by atoms with Gasteiger partial charge in [-0.25, -0.2) is 13.6 Å². The number of rotatable bonds is 4. The SMILES string of the molecule is CC1(C(=O)NCc2ccc(F)cc2)CCCN(C(=O)Nc2ccc(Br)cc2F)C1. The average Bonchev–Trinajstić information content (AvgIpc) is 2.69. The topological polar surface area (TPSA) is 61.4 Å². The third kappa shape index (κ3) is 5.32. The van der Waals surface area contributed by atoms with E-state index in [2.05, 4.69) is 26.6 Å². The smallest absolute Gasteiger partial charge is 0.321 e. The lowest BCUT2D eigenvalue weighted by atomic mass is 9.81. The van der Waals surface area contributed by atoms with E-state index < -0.39 is 17.3 Å². The Morgan fingerprint density at radius 3 is 2.59 bits per heavy atom. The fourth-order valence-electron chi connectivity index (χ4n) is 3.38. The van der Waals surface area contributed by atoms with Crippen molar-refractivity contribution < 1.29 is 18.4 Å². The van der Waals surface area contributed by atoms with Crippen molar-refractivity contribution in [1.29, 1.82) is 0 Å². The molecule has 3 rings (SSSR count). The van der Waals surface area contributed by atoms with Crippen molar-refractivity contribution in [1.82, 2.24) is 10.2 Å². The van der Waals surface area contributed by atoms with Crippen molar-refractivity contribution in [2.45, 2.75) is 26.3 Å². The molecule has 1 aliphatic rings. The standard InChI is InChI=1S/C21H22BrF2N3O2/c1-21(19(28)25-12-14-3-6-16(23)7-4-14)9-2-10-27(13-21)20(29)26-18-8-5-15(22)11-17(18)24/h3-8,11H,2,9-10,12-13H2,1H3,(H,25,28)(H,26,29). The van der Waals surface area contributed by atoms with Crippen LogP contribution in [-0.4, -0.2) is 29.9 Å². The number of nitrogens with one attached hydrogen (secondary N) is 2. The van der Waals surface area contributed by atoms with Gasteiger partial charge in [-0.15, -0.1) is 0 Å². The summed E-state index contributed by atoms with van der Waals surface area (Å²) in [6.45, 7) is 2.81. The third-order valence-electron chi connectivity index (χ3n) is 5.07. The second-order valence-corrected chi connectivity index (χ2v) is 8.36. The maximum absolute atomic E-state index is 14.0. The van der Waals surface area contributed by atoms with Crippen LogP contribution in [0.3, 0.4) is 0 Å². The van der Waals surface area contributed by atoms with Gasteiger partial charge >= 0.3 is 6.03 Å². The van der Waals surface area contributed by atoms with Gasteiger partial charge in [0.2, 0.25) is 5.91 Å². The summed E-state index contributed by atoms with van der Waals surface area (Å²) in [4.78, 5) is 26.9. The molecule has 1 unspecified atom stereocenters. The van der Waals surface area contributed by atoms with Crippen LogP contribution in [0.15, 0.2) is 46.9 Å². The molecule has 1 saturated heterocycles. The molecule has 8 heteroatoms. The van der Waals surface area contributed by atoms with Crippen LogP contribution in [-0.2, 0) is 11.3 Å². The molecule has 0 bridgehead atoms. The first-order valence-electron chi connectivity index (χ1n) is 9.30. The minimum absolute atomic E-state index is 0.0891. The highest BCUT2D eigenvalue weighted by molar-refractivity contribution is 9.10. The number of halogens is 3. The predicted molar refractivity (Wildman–Crippen MR) is 110 cm³/mol. The van der Waals surface area contributed by atoms with Crippen molar-refractivity contribution in [2.75, 3.05) is 18.4 Å². The number of urea groups is 1. The van der Waals surface area contributed by atoms with Crippen molar-refractivity contribution in [2.24, 2.45) is 5.41 Å². The largest absolute Gasteiger partial charge is 0.351 e. The summed E-state index contributed by atoms with van der Waals surface area (Å²) in [5.74, 6) is -1.04. The Morgan fingerprint density at radius 1 is 1.17 bits per heavy atom. The van der Waals surface area contributed by atoms with Crippen LogP contribution in [0.25, 0.3) is 0 Å². The summed E-state index contributed by atoms with van der Waals surface area (Å²) < 4.78 is 27.6. The first-order valence-corrected chi connectivity index (χ1v) is 10.1. The van der Waals surface area contributed by atoms with Gasteiger partial charge in [0.25, 0.3) is 0 Å². The van der Waals surface area contributed by atoms with E-state index in [0.29, 0.717) is 23.9 Å². The molecular weight excluding hydrogens is 444 g/mol. The minimum Gasteiger partial charge on any atom is -0.351 e. The van der Waals surface area contributed by atoms with E-state index in [9.17, 15) is 18.4 Å². The minimum atomic E-state index is -0.756. The van der Waals surface area contributed by atoms with Gasteiger partial charge in [-0.3, -0.25) is 4.79 Å². The van der Waals surface area contributed by atoms with Gasteiger partial charge in [0.05, 0.1) is 11.1 Å². The second-order valence-electron chi connectivity index (χ2n) is 7.45. The fourth-order valence-corrected chi connectivity index (χ4v) is 3.71. The highest BCUT2D eigenvalue weighted by Crippen LogP contribution is 2.30. The number of piperidine rings is 1. The molecule has 1 aliphatic heterocycles. The molecule has 1 fully saturated rings. The zero-order valence-electron chi connectivity index (χ0n) is 16.0. The van der Waals surface area contributed by atoms with E-state index in [1.54, 1.807) is 18.2 Å². The number of anilines is 1. The summed E-state index contributed by atoms with van der Waals surface area (Å²) >= 11 is 3.18. The Hall–Kier alpha value is -2.48. The second kappa shape index (κ2) is 8.90. The maximum Gasteiger partial charge on any atom is 0.321 e. The number of carbonyl (C=O) groups excluding carboxylic acids is 2. The third-order valence-corrected chi connectivity index (χ3v) is 5.56. The summed E-state index contributed by atoms with van der Waals surface area (Å²) in [5.41, 5.74) is 0.124. The highest BCUT2D eigenvalue weighted by atomic mass is 79.9. The molecule has 5 nitrogen and oxygen atoms in total. The number of nitrogens with zero attached hydrogens (tertiary/aromatic N) is 1. The van der Waals surface area contributed by atoms with Crippen LogP contribution in [0.2, 0.25) is 0 Å². The fraction of sp³-hybridized carbons (Fsp3) is 0.333. The van der Waals surface area contributed by atoms with E-state index in [0.717, 1.165) is 5.56 Å². The molecule has 0 aliphatic carbocycles. The molecule has 0 radical (unpaired) electrons. The first kappa shape index (κ1) is 21.2. The highest BCUT2D eigenvalue weighted by Gasteiger charge is 2.39. The summed E-state index contributed by atoms with van der Waals surface area (Å²) in [6.07, 6.45) is 1.30. The number of hydrogen-bond donors (Lipinski definition) is 2. The van der Waals surface area contributed by atoms with Gasteiger partial charge < -0.3 is 15.5 Å². The lowest BCUT2D eigenvalue weighted by molar-refractivity contribution is -0.132. The molecule has 0 saturated carbocycles.